The van der Waals surface area contributed by atoms with Gasteiger partial charge in [0.05, 0.1) is 11.4 Å². The van der Waals surface area contributed by atoms with Crippen molar-refractivity contribution in [2.45, 2.75) is 11.8 Å². The number of nitrogens with one attached hydrogen (secondary N) is 1. The molecule has 0 fully saturated rings. The van der Waals surface area contributed by atoms with Crippen molar-refractivity contribution in [3.05, 3.63) is 59.6 Å². The number of hydrogen-bond acceptors (Lipinski definition) is 6. The number of carbonyl (C=O) groups excluding carboxylic acids is 3. The molecule has 3 N–H and O–H groups in total. The molecular formula is C20H17FN2O5S. The van der Waals surface area contributed by atoms with Crippen molar-refractivity contribution in [2.75, 3.05) is 17.7 Å². The topological polar surface area (TPSA) is 112 Å². The third-order valence-electron chi connectivity index (χ3n) is 3.95. The molecule has 0 spiro atoms. The second-order valence-electron chi connectivity index (χ2n) is 6.07. The number of primary amides is 1. The normalized spacial score (nSPS) is 10.7. The van der Waals surface area contributed by atoms with Crippen LogP contribution in [0.1, 0.15) is 16.1 Å². The maximum absolute atomic E-state index is 13.4. The van der Waals surface area contributed by atoms with Crippen molar-refractivity contribution < 1.29 is 27.9 Å². The van der Waals surface area contributed by atoms with E-state index in [0.717, 1.165) is 0 Å². The highest BCUT2D eigenvalue weighted by Gasteiger charge is 2.20. The molecule has 3 aromatic rings. The fourth-order valence-corrected chi connectivity index (χ4v) is 3.36. The maximum atomic E-state index is 13.4. The van der Waals surface area contributed by atoms with Gasteiger partial charge in [-0.15, -0.1) is 11.8 Å². The molecule has 3 rings (SSSR count). The van der Waals surface area contributed by atoms with Crippen LogP contribution in [-0.4, -0.2) is 30.1 Å². The average Bonchev–Trinajstić information content (AvgIpc) is 3.01. The number of hydrogen-bond donors (Lipinski definition) is 2. The molecule has 0 atom stereocenters. The molecule has 0 aliphatic carbocycles. The van der Waals surface area contributed by atoms with Crippen LogP contribution >= 0.6 is 11.8 Å². The SMILES string of the molecule is Cc1c(C(=O)OCC(=O)Nc2ccccc2SCC(N)=O)oc2ccc(F)cc12. The van der Waals surface area contributed by atoms with Crippen molar-refractivity contribution in [1.29, 1.82) is 0 Å². The number of carbonyl (C=O) groups is 3. The zero-order valence-corrected chi connectivity index (χ0v) is 16.2. The highest BCUT2D eigenvalue weighted by atomic mass is 32.2. The Balaban J connectivity index is 1.63. The molecule has 0 bridgehead atoms. The molecule has 2 amide bonds. The summed E-state index contributed by atoms with van der Waals surface area (Å²) in [6.45, 7) is 1.06. The smallest absolute Gasteiger partial charge is 0.375 e. The van der Waals surface area contributed by atoms with Crippen molar-refractivity contribution in [3.63, 3.8) is 0 Å². The van der Waals surface area contributed by atoms with E-state index in [0.29, 0.717) is 27.1 Å². The molecule has 0 radical (unpaired) electrons. The number of para-hydroxylation sites is 1. The van der Waals surface area contributed by atoms with Gasteiger partial charge in [-0.2, -0.15) is 0 Å². The Bertz CT molecular complexity index is 1100. The number of furan rings is 1. The van der Waals surface area contributed by atoms with E-state index in [2.05, 4.69) is 5.32 Å². The summed E-state index contributed by atoms with van der Waals surface area (Å²) in [6.07, 6.45) is 0. The van der Waals surface area contributed by atoms with Crippen molar-refractivity contribution in [2.24, 2.45) is 5.73 Å². The van der Waals surface area contributed by atoms with E-state index in [9.17, 15) is 18.8 Å². The highest BCUT2D eigenvalue weighted by Crippen LogP contribution is 2.28. The van der Waals surface area contributed by atoms with Gasteiger partial charge < -0.3 is 20.2 Å². The number of ether oxygens (including phenoxy) is 1. The van der Waals surface area contributed by atoms with E-state index in [1.54, 1.807) is 31.2 Å². The van der Waals surface area contributed by atoms with E-state index in [-0.39, 0.29) is 11.5 Å². The summed E-state index contributed by atoms with van der Waals surface area (Å²) in [4.78, 5) is 36.1. The first-order valence-corrected chi connectivity index (χ1v) is 9.49. The van der Waals surface area contributed by atoms with Crippen LogP contribution in [0.4, 0.5) is 10.1 Å². The van der Waals surface area contributed by atoms with Crippen LogP contribution in [0, 0.1) is 12.7 Å². The van der Waals surface area contributed by atoms with E-state index < -0.39 is 30.2 Å². The van der Waals surface area contributed by atoms with E-state index in [1.165, 1.54) is 30.0 Å². The van der Waals surface area contributed by atoms with E-state index in [1.807, 2.05) is 0 Å². The number of anilines is 1. The Kier molecular flexibility index (Phi) is 6.18. The lowest BCUT2D eigenvalue weighted by Crippen LogP contribution is -2.21. The summed E-state index contributed by atoms with van der Waals surface area (Å²) in [5.41, 5.74) is 6.39. The molecule has 1 aromatic heterocycles. The van der Waals surface area contributed by atoms with Gasteiger partial charge in [-0.05, 0) is 37.3 Å². The van der Waals surface area contributed by atoms with Crippen LogP contribution in [-0.2, 0) is 14.3 Å². The van der Waals surface area contributed by atoms with E-state index in [4.69, 9.17) is 14.9 Å². The second kappa shape index (κ2) is 8.78. The molecule has 150 valence electrons. The summed E-state index contributed by atoms with van der Waals surface area (Å²) in [5.74, 6) is -2.35. The Morgan fingerprint density at radius 1 is 1.21 bits per heavy atom. The average molecular weight is 416 g/mol. The highest BCUT2D eigenvalue weighted by molar-refractivity contribution is 8.00. The van der Waals surface area contributed by atoms with Gasteiger partial charge in [0.1, 0.15) is 11.4 Å². The van der Waals surface area contributed by atoms with Crippen molar-refractivity contribution in [1.82, 2.24) is 0 Å². The molecule has 1 heterocycles. The minimum Gasteiger partial charge on any atom is -0.450 e. The Morgan fingerprint density at radius 2 is 1.97 bits per heavy atom. The van der Waals surface area contributed by atoms with Crippen LogP contribution < -0.4 is 11.1 Å². The maximum Gasteiger partial charge on any atom is 0.375 e. The lowest BCUT2D eigenvalue weighted by atomic mass is 10.1. The number of halogens is 1. The number of thioether (sulfide) groups is 1. The summed E-state index contributed by atoms with van der Waals surface area (Å²) in [7, 11) is 0. The lowest BCUT2D eigenvalue weighted by molar-refractivity contribution is -0.119. The first-order chi connectivity index (χ1) is 13.8. The van der Waals surface area contributed by atoms with Crippen LogP contribution in [0.3, 0.4) is 0 Å². The lowest BCUT2D eigenvalue weighted by Gasteiger charge is -2.10. The first kappa shape index (κ1) is 20.4. The molecule has 9 heteroatoms. The summed E-state index contributed by atoms with van der Waals surface area (Å²) < 4.78 is 23.8. The van der Waals surface area contributed by atoms with Gasteiger partial charge in [0.25, 0.3) is 5.91 Å². The van der Waals surface area contributed by atoms with Gasteiger partial charge in [0.15, 0.2) is 6.61 Å². The minimum atomic E-state index is -0.828. The number of nitrogens with two attached hydrogens (primary N) is 1. The van der Waals surface area contributed by atoms with Crippen LogP contribution in [0.15, 0.2) is 51.8 Å². The Labute approximate surface area is 169 Å². The Morgan fingerprint density at radius 3 is 2.72 bits per heavy atom. The third kappa shape index (κ3) is 4.94. The number of amides is 2. The number of esters is 1. The molecule has 7 nitrogen and oxygen atoms in total. The fraction of sp³-hybridized carbons (Fsp3) is 0.150. The Hall–Kier alpha value is -3.33. The quantitative estimate of drug-likeness (QED) is 0.452. The van der Waals surface area contributed by atoms with Crippen LogP contribution in [0.2, 0.25) is 0 Å². The number of fused-ring (bicyclic) bond motifs is 1. The van der Waals surface area contributed by atoms with Gasteiger partial charge in [0, 0.05) is 15.8 Å². The predicted molar refractivity (Wildman–Crippen MR) is 106 cm³/mol. The monoisotopic (exact) mass is 416 g/mol. The van der Waals surface area contributed by atoms with Crippen LogP contribution in [0.25, 0.3) is 11.0 Å². The van der Waals surface area contributed by atoms with Gasteiger partial charge in [-0.25, -0.2) is 9.18 Å². The standard InChI is InChI=1S/C20H17FN2O5S/c1-11-13-8-12(21)6-7-15(13)28-19(11)20(26)27-9-18(25)23-14-4-2-3-5-16(14)29-10-17(22)24/h2-8H,9-10H2,1H3,(H2,22,24)(H,23,25). The van der Waals surface area contributed by atoms with Crippen molar-refractivity contribution in [3.8, 4) is 0 Å². The zero-order chi connectivity index (χ0) is 21.0. The summed E-state index contributed by atoms with van der Waals surface area (Å²) >= 11 is 1.18. The summed E-state index contributed by atoms with van der Waals surface area (Å²) in [5, 5.41) is 3.08. The largest absolute Gasteiger partial charge is 0.450 e. The molecule has 0 saturated carbocycles. The molecule has 0 aliphatic rings. The molecule has 0 unspecified atom stereocenters. The van der Waals surface area contributed by atoms with Gasteiger partial charge in [0.2, 0.25) is 11.7 Å². The van der Waals surface area contributed by atoms with Gasteiger partial charge in [-0.3, -0.25) is 9.59 Å². The number of benzene rings is 2. The molecule has 0 saturated heterocycles. The van der Waals surface area contributed by atoms with E-state index >= 15 is 0 Å². The third-order valence-corrected chi connectivity index (χ3v) is 5.04. The number of rotatable bonds is 7. The molecule has 29 heavy (non-hydrogen) atoms. The number of aryl methyl sites for hydroxylation is 1. The molecular weight excluding hydrogens is 399 g/mol. The van der Waals surface area contributed by atoms with Gasteiger partial charge in [-0.1, -0.05) is 12.1 Å². The van der Waals surface area contributed by atoms with Gasteiger partial charge >= 0.3 is 5.97 Å². The first-order valence-electron chi connectivity index (χ1n) is 8.51. The second-order valence-corrected chi connectivity index (χ2v) is 7.09. The van der Waals surface area contributed by atoms with Crippen LogP contribution in [0.5, 0.6) is 0 Å². The molecule has 0 aliphatic heterocycles. The predicted octanol–water partition coefficient (Wildman–Crippen LogP) is 3.25. The van der Waals surface area contributed by atoms with Crippen molar-refractivity contribution >= 4 is 46.2 Å². The fourth-order valence-electron chi connectivity index (χ4n) is 2.62. The molecule has 2 aromatic carbocycles. The minimum absolute atomic E-state index is 0.0633. The summed E-state index contributed by atoms with van der Waals surface area (Å²) in [6, 6.07) is 10.8. The zero-order valence-electron chi connectivity index (χ0n) is 15.4.